The van der Waals surface area contributed by atoms with Gasteiger partial charge in [-0.25, -0.2) is 0 Å². The molecule has 1 aromatic carbocycles. The Balaban J connectivity index is 2.51. The van der Waals surface area contributed by atoms with Crippen LogP contribution in [0.2, 0.25) is 5.02 Å². The fourth-order valence-electron chi connectivity index (χ4n) is 1.18. The molecule has 0 atom stereocenters. The lowest BCUT2D eigenvalue weighted by Gasteiger charge is -2.04. The van der Waals surface area contributed by atoms with Crippen molar-refractivity contribution >= 4 is 17.5 Å². The number of carbonyl (C=O) groups is 1. The van der Waals surface area contributed by atoms with Gasteiger partial charge in [-0.15, -0.1) is 0 Å². The van der Waals surface area contributed by atoms with Crippen LogP contribution >= 0.6 is 11.6 Å². The van der Waals surface area contributed by atoms with E-state index in [-0.39, 0.29) is 5.91 Å². The Hall–Kier alpha value is -1.28. The summed E-state index contributed by atoms with van der Waals surface area (Å²) in [5.41, 5.74) is 0.527. The molecule has 0 unspecified atom stereocenters. The van der Waals surface area contributed by atoms with Crippen molar-refractivity contribution in [1.29, 1.82) is 0 Å². The lowest BCUT2D eigenvalue weighted by Crippen LogP contribution is -2.24. The zero-order chi connectivity index (χ0) is 11.1. The highest BCUT2D eigenvalue weighted by atomic mass is 35.5. The van der Waals surface area contributed by atoms with Gasteiger partial charge in [0.25, 0.3) is 5.91 Å². The van der Waals surface area contributed by atoms with Crippen molar-refractivity contribution in [1.82, 2.24) is 5.32 Å². The van der Waals surface area contributed by atoms with Crippen LogP contribution in [0, 0.1) is 0 Å². The number of nitrogens with one attached hydrogen (secondary N) is 1. The van der Waals surface area contributed by atoms with Gasteiger partial charge in [-0.1, -0.05) is 35.9 Å². The SMILES string of the molecule is C/C=C/CCNC(=O)c1ccccc1Cl. The first kappa shape index (κ1) is 11.8. The van der Waals surface area contributed by atoms with Gasteiger partial charge >= 0.3 is 0 Å². The fraction of sp³-hybridized carbons (Fsp3) is 0.250. The Labute approximate surface area is 94.9 Å². The summed E-state index contributed by atoms with van der Waals surface area (Å²) in [4.78, 5) is 11.6. The standard InChI is InChI=1S/C12H14ClNO/c1-2-3-6-9-14-12(15)10-7-4-5-8-11(10)13/h2-5,7-8H,6,9H2,1H3,(H,14,15)/b3-2+. The van der Waals surface area contributed by atoms with Crippen molar-refractivity contribution in [3.63, 3.8) is 0 Å². The van der Waals surface area contributed by atoms with Gasteiger partial charge < -0.3 is 5.32 Å². The molecular weight excluding hydrogens is 210 g/mol. The maximum Gasteiger partial charge on any atom is 0.252 e. The maximum atomic E-state index is 11.6. The molecule has 0 aliphatic carbocycles. The number of hydrogen-bond acceptors (Lipinski definition) is 1. The van der Waals surface area contributed by atoms with Gasteiger partial charge in [0.2, 0.25) is 0 Å². The van der Waals surface area contributed by atoms with Crippen LogP contribution < -0.4 is 5.32 Å². The molecule has 0 saturated heterocycles. The fourth-order valence-corrected chi connectivity index (χ4v) is 1.40. The highest BCUT2D eigenvalue weighted by Gasteiger charge is 2.07. The molecule has 80 valence electrons. The summed E-state index contributed by atoms with van der Waals surface area (Å²) in [6.07, 6.45) is 4.81. The van der Waals surface area contributed by atoms with E-state index in [1.165, 1.54) is 0 Å². The largest absolute Gasteiger partial charge is 0.352 e. The van der Waals surface area contributed by atoms with E-state index in [0.717, 1.165) is 6.42 Å². The Kier molecular flexibility index (Phi) is 4.91. The zero-order valence-electron chi connectivity index (χ0n) is 8.66. The molecule has 0 saturated carbocycles. The lowest BCUT2D eigenvalue weighted by molar-refractivity contribution is 0.0954. The third-order valence-electron chi connectivity index (χ3n) is 1.95. The monoisotopic (exact) mass is 223 g/mol. The molecule has 0 heterocycles. The number of benzene rings is 1. The average molecular weight is 224 g/mol. The Morgan fingerprint density at radius 1 is 1.47 bits per heavy atom. The number of hydrogen-bond donors (Lipinski definition) is 1. The molecule has 1 N–H and O–H groups in total. The lowest BCUT2D eigenvalue weighted by atomic mass is 10.2. The van der Waals surface area contributed by atoms with E-state index in [1.807, 2.05) is 19.1 Å². The summed E-state index contributed by atoms with van der Waals surface area (Å²) in [6.45, 7) is 2.59. The summed E-state index contributed by atoms with van der Waals surface area (Å²) >= 11 is 5.88. The highest BCUT2D eigenvalue weighted by molar-refractivity contribution is 6.33. The van der Waals surface area contributed by atoms with Crippen LogP contribution in [0.15, 0.2) is 36.4 Å². The van der Waals surface area contributed by atoms with E-state index in [1.54, 1.807) is 24.3 Å². The molecule has 3 heteroatoms. The summed E-state index contributed by atoms with van der Waals surface area (Å²) in [5.74, 6) is -0.120. The molecular formula is C12H14ClNO. The first-order valence-corrected chi connectivity index (χ1v) is 5.27. The highest BCUT2D eigenvalue weighted by Crippen LogP contribution is 2.14. The van der Waals surface area contributed by atoms with Crippen LogP contribution in [0.1, 0.15) is 23.7 Å². The predicted molar refractivity (Wildman–Crippen MR) is 63.2 cm³/mol. The van der Waals surface area contributed by atoms with Crippen LogP contribution in [0.5, 0.6) is 0 Å². The van der Waals surface area contributed by atoms with Gasteiger partial charge in [0, 0.05) is 6.54 Å². The van der Waals surface area contributed by atoms with Gasteiger partial charge in [0.15, 0.2) is 0 Å². The molecule has 0 fully saturated rings. The van der Waals surface area contributed by atoms with Crippen molar-refractivity contribution in [2.75, 3.05) is 6.54 Å². The van der Waals surface area contributed by atoms with Crippen LogP contribution in [0.4, 0.5) is 0 Å². The van der Waals surface area contributed by atoms with Crippen molar-refractivity contribution in [3.05, 3.63) is 47.0 Å². The quantitative estimate of drug-likeness (QED) is 0.617. The van der Waals surface area contributed by atoms with Gasteiger partial charge in [-0.3, -0.25) is 4.79 Å². The van der Waals surface area contributed by atoms with Gasteiger partial charge in [-0.2, -0.15) is 0 Å². The maximum absolute atomic E-state index is 11.6. The molecule has 0 aliphatic rings. The normalized spacial score (nSPS) is 10.5. The number of halogens is 1. The van der Waals surface area contributed by atoms with Crippen molar-refractivity contribution in [3.8, 4) is 0 Å². The number of rotatable bonds is 4. The third-order valence-corrected chi connectivity index (χ3v) is 2.28. The Morgan fingerprint density at radius 2 is 2.20 bits per heavy atom. The van der Waals surface area contributed by atoms with Gasteiger partial charge in [0.05, 0.1) is 10.6 Å². The van der Waals surface area contributed by atoms with Crippen molar-refractivity contribution < 1.29 is 4.79 Å². The molecule has 1 aromatic rings. The topological polar surface area (TPSA) is 29.1 Å². The van der Waals surface area contributed by atoms with E-state index >= 15 is 0 Å². The molecule has 0 aliphatic heterocycles. The molecule has 0 radical (unpaired) electrons. The van der Waals surface area contributed by atoms with Crippen LogP contribution in [-0.4, -0.2) is 12.5 Å². The van der Waals surface area contributed by atoms with Gasteiger partial charge in [0.1, 0.15) is 0 Å². The molecule has 0 spiro atoms. The minimum Gasteiger partial charge on any atom is -0.352 e. The first-order valence-electron chi connectivity index (χ1n) is 4.89. The van der Waals surface area contributed by atoms with Gasteiger partial charge in [-0.05, 0) is 25.5 Å². The van der Waals surface area contributed by atoms with E-state index in [0.29, 0.717) is 17.1 Å². The summed E-state index contributed by atoms with van der Waals surface area (Å²) in [7, 11) is 0. The second kappa shape index (κ2) is 6.25. The van der Waals surface area contributed by atoms with Crippen LogP contribution in [-0.2, 0) is 0 Å². The van der Waals surface area contributed by atoms with E-state index in [4.69, 9.17) is 11.6 Å². The van der Waals surface area contributed by atoms with Crippen molar-refractivity contribution in [2.45, 2.75) is 13.3 Å². The van der Waals surface area contributed by atoms with Crippen LogP contribution in [0.3, 0.4) is 0 Å². The Morgan fingerprint density at radius 3 is 2.87 bits per heavy atom. The molecule has 1 amide bonds. The zero-order valence-corrected chi connectivity index (χ0v) is 9.42. The first-order chi connectivity index (χ1) is 7.25. The molecule has 2 nitrogen and oxygen atoms in total. The average Bonchev–Trinajstić information content (AvgIpc) is 2.25. The summed E-state index contributed by atoms with van der Waals surface area (Å²) < 4.78 is 0. The predicted octanol–water partition coefficient (Wildman–Crippen LogP) is 3.04. The van der Waals surface area contributed by atoms with E-state index in [9.17, 15) is 4.79 Å². The Bertz CT molecular complexity index is 360. The summed E-state index contributed by atoms with van der Waals surface area (Å²) in [6, 6.07) is 7.03. The number of amides is 1. The molecule has 15 heavy (non-hydrogen) atoms. The molecule has 0 aromatic heterocycles. The van der Waals surface area contributed by atoms with Crippen LogP contribution in [0.25, 0.3) is 0 Å². The molecule has 1 rings (SSSR count). The minimum absolute atomic E-state index is 0.120. The van der Waals surface area contributed by atoms with Crippen molar-refractivity contribution in [2.24, 2.45) is 0 Å². The smallest absolute Gasteiger partial charge is 0.252 e. The number of allylic oxidation sites excluding steroid dienone is 1. The second-order valence-corrected chi connectivity index (χ2v) is 3.50. The minimum atomic E-state index is -0.120. The third kappa shape index (κ3) is 3.76. The van der Waals surface area contributed by atoms with E-state index in [2.05, 4.69) is 5.32 Å². The second-order valence-electron chi connectivity index (χ2n) is 3.09. The van der Waals surface area contributed by atoms with E-state index < -0.39 is 0 Å². The number of carbonyl (C=O) groups excluding carboxylic acids is 1. The summed E-state index contributed by atoms with van der Waals surface area (Å²) in [5, 5.41) is 3.29. The molecule has 0 bridgehead atoms.